The Labute approximate surface area is 171 Å². The number of carbonyl (C=O) groups excluding carboxylic acids is 1. The number of aryl methyl sites for hydroxylation is 1. The molecule has 9 heteroatoms. The summed E-state index contributed by atoms with van der Waals surface area (Å²) >= 11 is 0. The van der Waals surface area contributed by atoms with Gasteiger partial charge < -0.3 is 14.1 Å². The van der Waals surface area contributed by atoms with E-state index >= 15 is 0 Å². The van der Waals surface area contributed by atoms with Crippen LogP contribution in [0.25, 0.3) is 11.5 Å². The van der Waals surface area contributed by atoms with Crippen LogP contribution in [0.5, 0.6) is 5.75 Å². The van der Waals surface area contributed by atoms with Crippen LogP contribution in [-0.2, 0) is 17.8 Å². The second kappa shape index (κ2) is 9.43. The Morgan fingerprint density at radius 3 is 2.50 bits per heavy atom. The van der Waals surface area contributed by atoms with Crippen LogP contribution in [0.2, 0.25) is 0 Å². The maximum Gasteiger partial charge on any atom is 0.573 e. The Morgan fingerprint density at radius 1 is 1.07 bits per heavy atom. The van der Waals surface area contributed by atoms with Crippen molar-refractivity contribution in [1.82, 2.24) is 15.1 Å². The van der Waals surface area contributed by atoms with Gasteiger partial charge in [-0.3, -0.25) is 4.79 Å². The molecular formula is C21H20F3N3O3. The molecule has 0 N–H and O–H groups in total. The average molecular weight is 419 g/mol. The van der Waals surface area contributed by atoms with Crippen molar-refractivity contribution in [2.24, 2.45) is 0 Å². The van der Waals surface area contributed by atoms with Gasteiger partial charge in [-0.2, -0.15) is 0 Å². The van der Waals surface area contributed by atoms with Crippen LogP contribution < -0.4 is 4.74 Å². The van der Waals surface area contributed by atoms with E-state index in [2.05, 4.69) is 14.9 Å². The first-order chi connectivity index (χ1) is 14.3. The van der Waals surface area contributed by atoms with E-state index in [9.17, 15) is 18.0 Å². The molecule has 0 aliphatic carbocycles. The molecule has 0 saturated carbocycles. The van der Waals surface area contributed by atoms with E-state index in [0.717, 1.165) is 5.56 Å². The Hall–Kier alpha value is -3.36. The molecule has 0 aliphatic heterocycles. The molecule has 3 aromatic rings. The summed E-state index contributed by atoms with van der Waals surface area (Å²) in [7, 11) is 1.53. The van der Waals surface area contributed by atoms with Crippen LogP contribution in [-0.4, -0.2) is 34.4 Å². The quantitative estimate of drug-likeness (QED) is 0.533. The standard InChI is InChI=1S/C21H20F3N3O3/c1-27(14-16-10-5-6-11-17(16)30-21(22,23)24)19(28)13-7-12-18-25-26-20(29-18)15-8-3-2-4-9-15/h2-6,8-11H,7,12-14H2,1H3. The van der Waals surface area contributed by atoms with Gasteiger partial charge in [-0.1, -0.05) is 36.4 Å². The smallest absolute Gasteiger partial charge is 0.421 e. The van der Waals surface area contributed by atoms with E-state index in [1.807, 2.05) is 30.3 Å². The maximum atomic E-state index is 12.5. The molecular weight excluding hydrogens is 399 g/mol. The van der Waals surface area contributed by atoms with E-state index in [1.54, 1.807) is 6.07 Å². The van der Waals surface area contributed by atoms with Crippen molar-refractivity contribution in [3.05, 3.63) is 66.1 Å². The first kappa shape index (κ1) is 21.4. The fraction of sp³-hybridized carbons (Fsp3) is 0.286. The molecule has 1 heterocycles. The molecule has 0 saturated heterocycles. The number of nitrogens with zero attached hydrogens (tertiary/aromatic N) is 3. The van der Waals surface area contributed by atoms with Crippen LogP contribution in [0.3, 0.4) is 0 Å². The number of hydrogen-bond acceptors (Lipinski definition) is 5. The minimum atomic E-state index is -4.79. The highest BCUT2D eigenvalue weighted by Crippen LogP contribution is 2.27. The second-order valence-corrected chi connectivity index (χ2v) is 6.63. The zero-order chi connectivity index (χ0) is 21.6. The molecule has 0 bridgehead atoms. The molecule has 30 heavy (non-hydrogen) atoms. The fourth-order valence-corrected chi connectivity index (χ4v) is 2.84. The molecule has 3 rings (SSSR count). The highest BCUT2D eigenvalue weighted by atomic mass is 19.4. The number of benzene rings is 2. The van der Waals surface area contributed by atoms with Gasteiger partial charge >= 0.3 is 6.36 Å². The lowest BCUT2D eigenvalue weighted by Gasteiger charge is -2.19. The number of rotatable bonds is 8. The summed E-state index contributed by atoms with van der Waals surface area (Å²) in [4.78, 5) is 13.7. The van der Waals surface area contributed by atoms with E-state index in [4.69, 9.17) is 4.42 Å². The molecule has 0 unspecified atom stereocenters. The van der Waals surface area contributed by atoms with Gasteiger partial charge in [-0.05, 0) is 24.6 Å². The third-order valence-corrected chi connectivity index (χ3v) is 4.30. The number of hydrogen-bond donors (Lipinski definition) is 0. The van der Waals surface area contributed by atoms with Gasteiger partial charge in [0.15, 0.2) is 0 Å². The number of aromatic nitrogens is 2. The van der Waals surface area contributed by atoms with Crippen molar-refractivity contribution in [3.63, 3.8) is 0 Å². The maximum absolute atomic E-state index is 12.5. The molecule has 0 spiro atoms. The zero-order valence-corrected chi connectivity index (χ0v) is 16.2. The van der Waals surface area contributed by atoms with Crippen molar-refractivity contribution in [3.8, 4) is 17.2 Å². The number of carbonyl (C=O) groups is 1. The van der Waals surface area contributed by atoms with E-state index in [1.165, 1.54) is 30.1 Å². The number of para-hydroxylation sites is 1. The highest BCUT2D eigenvalue weighted by Gasteiger charge is 2.32. The lowest BCUT2D eigenvalue weighted by atomic mass is 10.1. The zero-order valence-electron chi connectivity index (χ0n) is 16.2. The van der Waals surface area contributed by atoms with Crippen molar-refractivity contribution >= 4 is 5.91 Å². The highest BCUT2D eigenvalue weighted by molar-refractivity contribution is 5.75. The summed E-state index contributed by atoms with van der Waals surface area (Å²) in [6, 6.07) is 15.1. The predicted molar refractivity (Wildman–Crippen MR) is 102 cm³/mol. The van der Waals surface area contributed by atoms with Gasteiger partial charge in [-0.25, -0.2) is 0 Å². The Bertz CT molecular complexity index is 974. The molecule has 1 aromatic heterocycles. The van der Waals surface area contributed by atoms with E-state index in [-0.39, 0.29) is 30.2 Å². The summed E-state index contributed by atoms with van der Waals surface area (Å²) in [6.07, 6.45) is -3.70. The molecule has 158 valence electrons. The summed E-state index contributed by atoms with van der Waals surface area (Å²) in [5, 5.41) is 7.98. The SMILES string of the molecule is CN(Cc1ccccc1OC(F)(F)F)C(=O)CCCc1nnc(-c2ccccc2)o1. The fourth-order valence-electron chi connectivity index (χ4n) is 2.84. The average Bonchev–Trinajstić information content (AvgIpc) is 3.18. The van der Waals surface area contributed by atoms with Gasteiger partial charge in [0.25, 0.3) is 0 Å². The lowest BCUT2D eigenvalue weighted by molar-refractivity contribution is -0.275. The minimum Gasteiger partial charge on any atom is -0.421 e. The lowest BCUT2D eigenvalue weighted by Crippen LogP contribution is -2.27. The summed E-state index contributed by atoms with van der Waals surface area (Å²) < 4.78 is 47.2. The Morgan fingerprint density at radius 2 is 1.77 bits per heavy atom. The number of alkyl halides is 3. The number of halogens is 3. The van der Waals surface area contributed by atoms with Crippen LogP contribution in [0, 0.1) is 0 Å². The van der Waals surface area contributed by atoms with Crippen molar-refractivity contribution in [2.45, 2.75) is 32.2 Å². The molecule has 0 atom stereocenters. The monoisotopic (exact) mass is 419 g/mol. The Kier molecular flexibility index (Phi) is 6.71. The molecule has 0 fully saturated rings. The summed E-state index contributed by atoms with van der Waals surface area (Å²) in [6.45, 7) is 0.00377. The van der Waals surface area contributed by atoms with Gasteiger partial charge in [0.05, 0.1) is 0 Å². The van der Waals surface area contributed by atoms with E-state index in [0.29, 0.717) is 24.6 Å². The largest absolute Gasteiger partial charge is 0.573 e. The van der Waals surface area contributed by atoms with Crippen molar-refractivity contribution < 1.29 is 27.1 Å². The van der Waals surface area contributed by atoms with Gasteiger partial charge in [0.2, 0.25) is 17.7 Å². The third-order valence-electron chi connectivity index (χ3n) is 4.30. The Balaban J connectivity index is 1.51. The molecule has 0 aliphatic rings. The van der Waals surface area contributed by atoms with Crippen molar-refractivity contribution in [1.29, 1.82) is 0 Å². The van der Waals surface area contributed by atoms with Crippen LogP contribution in [0.1, 0.15) is 24.3 Å². The normalized spacial score (nSPS) is 11.3. The second-order valence-electron chi connectivity index (χ2n) is 6.63. The molecule has 6 nitrogen and oxygen atoms in total. The first-order valence-corrected chi connectivity index (χ1v) is 9.27. The topological polar surface area (TPSA) is 68.5 Å². The third kappa shape index (κ3) is 6.07. The molecule has 0 radical (unpaired) electrons. The van der Waals surface area contributed by atoms with Crippen LogP contribution in [0.15, 0.2) is 59.0 Å². The predicted octanol–water partition coefficient (Wildman–Crippen LogP) is 4.62. The van der Waals surface area contributed by atoms with Crippen LogP contribution in [0.4, 0.5) is 13.2 Å². The van der Waals surface area contributed by atoms with Gasteiger partial charge in [0, 0.05) is 37.6 Å². The molecule has 1 amide bonds. The summed E-state index contributed by atoms with van der Waals surface area (Å²) in [5.41, 5.74) is 1.09. The first-order valence-electron chi connectivity index (χ1n) is 9.27. The minimum absolute atomic E-state index is 0.00377. The number of amides is 1. The number of ether oxygens (including phenoxy) is 1. The van der Waals surface area contributed by atoms with Crippen molar-refractivity contribution in [2.75, 3.05) is 7.05 Å². The van der Waals surface area contributed by atoms with Crippen LogP contribution >= 0.6 is 0 Å². The van der Waals surface area contributed by atoms with Gasteiger partial charge in [-0.15, -0.1) is 23.4 Å². The van der Waals surface area contributed by atoms with E-state index < -0.39 is 6.36 Å². The summed E-state index contributed by atoms with van der Waals surface area (Å²) in [5.74, 6) is 0.312. The molecule has 2 aromatic carbocycles. The van der Waals surface area contributed by atoms with Gasteiger partial charge in [0.1, 0.15) is 5.75 Å².